The zero-order valence-corrected chi connectivity index (χ0v) is 21.1. The van der Waals surface area contributed by atoms with Gasteiger partial charge in [-0.2, -0.15) is 0 Å². The Morgan fingerprint density at radius 1 is 0.895 bits per heavy atom. The van der Waals surface area contributed by atoms with Crippen LogP contribution in [0.3, 0.4) is 0 Å². The van der Waals surface area contributed by atoms with Gasteiger partial charge in [0.2, 0.25) is 12.6 Å². The van der Waals surface area contributed by atoms with Crippen LogP contribution in [0.2, 0.25) is 0 Å². The second-order valence-electron chi connectivity index (χ2n) is 9.44. The molecule has 192 valence electrons. The summed E-state index contributed by atoms with van der Waals surface area (Å²) in [4.78, 5) is 25.2. The monoisotopic (exact) mass is 508 g/mol. The minimum Gasteiger partial charge on any atom is -0.473 e. The van der Waals surface area contributed by atoms with Crippen LogP contribution in [0.5, 0.6) is 5.75 Å². The van der Waals surface area contributed by atoms with Crippen molar-refractivity contribution < 1.29 is 19.2 Å². The Balaban J connectivity index is 1.22. The highest BCUT2D eigenvalue weighted by molar-refractivity contribution is 5.77. The van der Waals surface area contributed by atoms with Crippen LogP contribution in [0, 0.1) is 0 Å². The number of hydrogen-bond donors (Lipinski definition) is 2. The molecule has 2 aliphatic heterocycles. The summed E-state index contributed by atoms with van der Waals surface area (Å²) in [6.07, 6.45) is 1.75. The van der Waals surface area contributed by atoms with Gasteiger partial charge >= 0.3 is 5.91 Å². The molecule has 1 amide bonds. The summed E-state index contributed by atoms with van der Waals surface area (Å²) in [5.74, 6) is 1.30. The van der Waals surface area contributed by atoms with Gasteiger partial charge in [0, 0.05) is 43.1 Å². The molecule has 3 heterocycles. The standard InChI is InChI=1S/C30H29N5O3/c36-29-21-38-28-10-9-24(20-27(28)35(29)14-13-34-15-17-37-18-16-34)26-11-12-31-30(33-26)32-25-8-4-7-23(19-25)22-5-2-1-3-6-22/h1-12,19-20H,13-18,21H2,(H,31,32,33)/p+1. The number of rotatable bonds is 7. The Kier molecular flexibility index (Phi) is 7.08. The molecular weight excluding hydrogens is 478 g/mol. The number of ether oxygens (including phenoxy) is 2. The molecule has 6 rings (SSSR count). The van der Waals surface area contributed by atoms with Crippen molar-refractivity contribution >= 4 is 23.2 Å². The molecule has 3 aromatic carbocycles. The lowest BCUT2D eigenvalue weighted by atomic mass is 10.1. The first kappa shape index (κ1) is 24.2. The van der Waals surface area contributed by atoms with Gasteiger partial charge in [0.15, 0.2) is 11.4 Å². The number of anilines is 2. The third-order valence-corrected chi connectivity index (χ3v) is 6.96. The number of hydrogen-bond acceptors (Lipinski definition) is 7. The van der Waals surface area contributed by atoms with Crippen molar-refractivity contribution in [1.82, 2.24) is 14.9 Å². The largest absolute Gasteiger partial charge is 0.473 e. The zero-order valence-electron chi connectivity index (χ0n) is 21.1. The molecule has 1 unspecified atom stereocenters. The lowest BCUT2D eigenvalue weighted by Crippen LogP contribution is -3.12. The molecule has 1 fully saturated rings. The van der Waals surface area contributed by atoms with Crippen molar-refractivity contribution in [3.05, 3.63) is 85.1 Å². The lowest BCUT2D eigenvalue weighted by molar-refractivity contribution is -0.752. The minimum atomic E-state index is 0.0475. The Labute approximate surface area is 221 Å². The van der Waals surface area contributed by atoms with E-state index in [2.05, 4.69) is 39.5 Å². The molecule has 8 nitrogen and oxygen atoms in total. The fourth-order valence-corrected chi connectivity index (χ4v) is 4.92. The fraction of sp³-hybridized carbons (Fsp3) is 0.233. The van der Waals surface area contributed by atoms with Gasteiger partial charge in [-0.3, -0.25) is 4.90 Å². The maximum Gasteiger partial charge on any atom is 0.354 e. The quantitative estimate of drug-likeness (QED) is 0.396. The normalized spacial score (nSPS) is 17.5. The first-order chi connectivity index (χ1) is 18.7. The second kappa shape index (κ2) is 11.1. The van der Waals surface area contributed by atoms with Crippen molar-refractivity contribution in [3.63, 3.8) is 0 Å². The van der Waals surface area contributed by atoms with Crippen LogP contribution in [0.4, 0.5) is 17.3 Å². The van der Waals surface area contributed by atoms with Crippen LogP contribution >= 0.6 is 0 Å². The molecule has 1 aromatic heterocycles. The highest BCUT2D eigenvalue weighted by atomic mass is 16.5. The number of amides is 1. The molecule has 1 saturated heterocycles. The van der Waals surface area contributed by atoms with E-state index < -0.39 is 0 Å². The molecule has 1 atom stereocenters. The van der Waals surface area contributed by atoms with Gasteiger partial charge in [-0.15, -0.1) is 0 Å². The number of quaternary nitrogens is 1. The van der Waals surface area contributed by atoms with Gasteiger partial charge in [0.05, 0.1) is 18.9 Å². The second-order valence-corrected chi connectivity index (χ2v) is 9.44. The summed E-state index contributed by atoms with van der Waals surface area (Å²) >= 11 is 0. The molecule has 38 heavy (non-hydrogen) atoms. The fourth-order valence-electron chi connectivity index (χ4n) is 4.92. The van der Waals surface area contributed by atoms with Crippen molar-refractivity contribution in [2.45, 2.75) is 0 Å². The number of morpholine rings is 1. The average molecular weight is 509 g/mol. The van der Waals surface area contributed by atoms with Crippen molar-refractivity contribution in [2.24, 2.45) is 0 Å². The molecule has 0 spiro atoms. The first-order valence-corrected chi connectivity index (χ1v) is 13.0. The van der Waals surface area contributed by atoms with Crippen LogP contribution in [-0.4, -0.2) is 66.8 Å². The van der Waals surface area contributed by atoms with Crippen LogP contribution in [0.15, 0.2) is 85.1 Å². The van der Waals surface area contributed by atoms with E-state index in [0.29, 0.717) is 12.5 Å². The maximum absolute atomic E-state index is 12.8. The van der Waals surface area contributed by atoms with E-state index in [4.69, 9.17) is 14.5 Å². The van der Waals surface area contributed by atoms with Gasteiger partial charge < -0.3 is 14.8 Å². The lowest BCUT2D eigenvalue weighted by Gasteiger charge is -2.29. The van der Waals surface area contributed by atoms with Crippen LogP contribution in [0.1, 0.15) is 0 Å². The first-order valence-electron chi connectivity index (χ1n) is 13.0. The Morgan fingerprint density at radius 3 is 2.61 bits per heavy atom. The van der Waals surface area contributed by atoms with Gasteiger partial charge in [0.25, 0.3) is 0 Å². The topological polar surface area (TPSA) is 81.0 Å². The summed E-state index contributed by atoms with van der Waals surface area (Å²) in [5, 5.41) is 3.34. The van der Waals surface area contributed by atoms with Crippen molar-refractivity contribution in [1.29, 1.82) is 0 Å². The predicted octanol–water partition coefficient (Wildman–Crippen LogP) is 3.32. The molecule has 0 radical (unpaired) electrons. The summed E-state index contributed by atoms with van der Waals surface area (Å²) in [5.41, 5.74) is 5.72. The van der Waals surface area contributed by atoms with Gasteiger partial charge in [-0.25, -0.2) is 19.7 Å². The van der Waals surface area contributed by atoms with E-state index >= 15 is 0 Å². The molecule has 8 heteroatoms. The van der Waals surface area contributed by atoms with E-state index in [1.165, 1.54) is 0 Å². The van der Waals surface area contributed by atoms with Crippen LogP contribution in [-0.2, 0) is 9.53 Å². The molecule has 0 saturated carbocycles. The van der Waals surface area contributed by atoms with Crippen LogP contribution < -0.4 is 15.0 Å². The number of nitrogens with zero attached hydrogens (tertiary/aromatic N) is 3. The molecule has 2 N–H and O–H groups in total. The van der Waals surface area contributed by atoms with Crippen LogP contribution in [0.25, 0.3) is 22.4 Å². The summed E-state index contributed by atoms with van der Waals surface area (Å²) in [7, 11) is 0. The van der Waals surface area contributed by atoms with Gasteiger partial charge in [-0.1, -0.05) is 42.5 Å². The number of carbonyl (C=O) groups is 1. The number of aromatic nitrogens is 2. The third kappa shape index (κ3) is 5.43. The van der Waals surface area contributed by atoms with Crippen molar-refractivity contribution in [3.8, 4) is 28.1 Å². The summed E-state index contributed by atoms with van der Waals surface area (Å²) < 4.78 is 11.2. The number of fused-ring (bicyclic) bond motifs is 1. The number of carbonyl (C=O) groups excluding carboxylic acids is 1. The van der Waals surface area contributed by atoms with E-state index in [1.807, 2.05) is 54.6 Å². The zero-order chi connectivity index (χ0) is 25.7. The predicted molar refractivity (Wildman–Crippen MR) is 146 cm³/mol. The molecule has 0 aliphatic carbocycles. The molecule has 2 aliphatic rings. The van der Waals surface area contributed by atoms with E-state index in [1.54, 1.807) is 6.20 Å². The average Bonchev–Trinajstić information content (AvgIpc) is 2.98. The van der Waals surface area contributed by atoms with E-state index in [-0.39, 0.29) is 12.5 Å². The summed E-state index contributed by atoms with van der Waals surface area (Å²) in [6.45, 7) is 4.90. The molecule has 0 bridgehead atoms. The molecular formula is C30H30N5O3+. The van der Waals surface area contributed by atoms with Crippen molar-refractivity contribution in [2.75, 3.05) is 51.3 Å². The van der Waals surface area contributed by atoms with Gasteiger partial charge in [0.1, 0.15) is 6.54 Å². The Morgan fingerprint density at radius 2 is 1.74 bits per heavy atom. The summed E-state index contributed by atoms with van der Waals surface area (Å²) in [6, 6.07) is 26.3. The number of nitrogens with one attached hydrogen (secondary N) is 2. The number of benzene rings is 3. The highest BCUT2D eigenvalue weighted by Gasteiger charge is 2.32. The third-order valence-electron chi connectivity index (χ3n) is 6.96. The SMILES string of the molecule is O=C1COc2ccc(-c3ccnc(Nc4cccc(-c5ccccc5)c4)n3)cc2[NH+]1CCN1CCOCC1. The maximum atomic E-state index is 12.8. The smallest absolute Gasteiger partial charge is 0.354 e. The Hall–Kier alpha value is -4.11. The van der Waals surface area contributed by atoms with Gasteiger partial charge in [-0.05, 0) is 41.5 Å². The highest BCUT2D eigenvalue weighted by Crippen LogP contribution is 2.30. The van der Waals surface area contributed by atoms with E-state index in [0.717, 1.165) is 77.3 Å². The Bertz CT molecular complexity index is 1420. The van der Waals surface area contributed by atoms with E-state index in [9.17, 15) is 4.79 Å². The molecule has 4 aromatic rings. The minimum absolute atomic E-state index is 0.0475.